The number of carbonyl (C=O) groups is 1. The molecule has 2 atom stereocenters. The molecular weight excluding hydrogens is 174 g/mol. The van der Waals surface area contributed by atoms with Gasteiger partial charge >= 0.3 is 0 Å². The summed E-state index contributed by atoms with van der Waals surface area (Å²) < 4.78 is 0. The zero-order chi connectivity index (χ0) is 9.97. The van der Waals surface area contributed by atoms with Gasteiger partial charge in [0.05, 0.1) is 0 Å². The first-order valence-corrected chi connectivity index (χ1v) is 5.73. The number of allylic oxidation sites excluding steroid dienone is 1. The van der Waals surface area contributed by atoms with Crippen LogP contribution in [0.3, 0.4) is 0 Å². The second kappa shape index (κ2) is 4.16. The monoisotopic (exact) mass is 193 g/mol. The Morgan fingerprint density at radius 1 is 1.43 bits per heavy atom. The minimum atomic E-state index is 0.388. The lowest BCUT2D eigenvalue weighted by atomic mass is 9.91. The summed E-state index contributed by atoms with van der Waals surface area (Å²) in [5, 5.41) is 0. The Bertz CT molecular complexity index is 236. The van der Waals surface area contributed by atoms with Crippen LogP contribution in [-0.4, -0.2) is 23.4 Å². The van der Waals surface area contributed by atoms with E-state index in [0.717, 1.165) is 25.8 Å². The molecule has 0 spiro atoms. The molecule has 0 unspecified atom stereocenters. The average Bonchev–Trinajstić information content (AvgIpc) is 2.60. The molecular formula is C12H19NO. The lowest BCUT2D eigenvalue weighted by Crippen LogP contribution is -2.37. The van der Waals surface area contributed by atoms with E-state index >= 15 is 0 Å². The molecule has 0 aromatic rings. The largest absolute Gasteiger partial charge is 0.339 e. The number of rotatable bonds is 2. The van der Waals surface area contributed by atoms with Crippen molar-refractivity contribution in [3.8, 4) is 0 Å². The van der Waals surface area contributed by atoms with Gasteiger partial charge in [-0.05, 0) is 38.0 Å². The molecule has 2 heterocycles. The number of hydrogen-bond donors (Lipinski definition) is 0. The van der Waals surface area contributed by atoms with Crippen molar-refractivity contribution in [2.75, 3.05) is 6.54 Å². The van der Waals surface area contributed by atoms with Crippen LogP contribution < -0.4 is 0 Å². The normalized spacial score (nSPS) is 32.6. The zero-order valence-electron chi connectivity index (χ0n) is 8.74. The quantitative estimate of drug-likeness (QED) is 0.616. The summed E-state index contributed by atoms with van der Waals surface area (Å²) in [7, 11) is 0. The van der Waals surface area contributed by atoms with Gasteiger partial charge in [-0.25, -0.2) is 0 Å². The van der Waals surface area contributed by atoms with Crippen LogP contribution in [0.15, 0.2) is 12.7 Å². The SMILES string of the molecule is C=CC[C@H]1CCCC(=O)N2CCC[C@@H]12. The molecule has 2 saturated heterocycles. The summed E-state index contributed by atoms with van der Waals surface area (Å²) in [6, 6.07) is 0.531. The molecule has 0 radical (unpaired) electrons. The van der Waals surface area contributed by atoms with Gasteiger partial charge in [-0.2, -0.15) is 0 Å². The standard InChI is InChI=1S/C12H19NO/c1-2-5-10-6-3-8-12(14)13-9-4-7-11(10)13/h2,10-11H,1,3-9H2/t10-,11-/m0/s1. The van der Waals surface area contributed by atoms with Gasteiger partial charge in [0.2, 0.25) is 5.91 Å². The highest BCUT2D eigenvalue weighted by atomic mass is 16.2. The predicted molar refractivity (Wildman–Crippen MR) is 56.9 cm³/mol. The van der Waals surface area contributed by atoms with E-state index < -0.39 is 0 Å². The van der Waals surface area contributed by atoms with E-state index in [0.29, 0.717) is 17.9 Å². The summed E-state index contributed by atoms with van der Waals surface area (Å²) in [5.74, 6) is 1.07. The van der Waals surface area contributed by atoms with Gasteiger partial charge in [0.15, 0.2) is 0 Å². The molecule has 2 nitrogen and oxygen atoms in total. The van der Waals surface area contributed by atoms with Crippen LogP contribution in [0.2, 0.25) is 0 Å². The summed E-state index contributed by atoms with van der Waals surface area (Å²) in [4.78, 5) is 13.9. The first-order valence-electron chi connectivity index (χ1n) is 5.73. The van der Waals surface area contributed by atoms with Crippen molar-refractivity contribution < 1.29 is 4.79 Å². The summed E-state index contributed by atoms with van der Waals surface area (Å²) >= 11 is 0. The average molecular weight is 193 g/mol. The van der Waals surface area contributed by atoms with E-state index in [-0.39, 0.29) is 0 Å². The fourth-order valence-electron chi connectivity index (χ4n) is 2.93. The maximum atomic E-state index is 11.7. The zero-order valence-corrected chi connectivity index (χ0v) is 8.74. The number of amides is 1. The van der Waals surface area contributed by atoms with Gasteiger partial charge in [0, 0.05) is 19.0 Å². The first-order chi connectivity index (χ1) is 6.83. The maximum Gasteiger partial charge on any atom is 0.222 e. The number of nitrogens with zero attached hydrogens (tertiary/aromatic N) is 1. The molecule has 2 fully saturated rings. The van der Waals surface area contributed by atoms with Gasteiger partial charge in [0.1, 0.15) is 0 Å². The van der Waals surface area contributed by atoms with Crippen LogP contribution in [-0.2, 0) is 4.79 Å². The van der Waals surface area contributed by atoms with E-state index in [1.807, 2.05) is 6.08 Å². The molecule has 0 aromatic carbocycles. The molecule has 0 N–H and O–H groups in total. The molecule has 14 heavy (non-hydrogen) atoms. The fraction of sp³-hybridized carbons (Fsp3) is 0.750. The van der Waals surface area contributed by atoms with Crippen LogP contribution >= 0.6 is 0 Å². The highest BCUT2D eigenvalue weighted by Gasteiger charge is 2.35. The van der Waals surface area contributed by atoms with E-state index in [4.69, 9.17) is 0 Å². The van der Waals surface area contributed by atoms with Crippen LogP contribution in [0.1, 0.15) is 38.5 Å². The molecule has 0 bridgehead atoms. The molecule has 2 rings (SSSR count). The molecule has 1 amide bonds. The molecule has 78 valence electrons. The van der Waals surface area contributed by atoms with Crippen molar-refractivity contribution in [2.24, 2.45) is 5.92 Å². The molecule has 0 aliphatic carbocycles. The minimum absolute atomic E-state index is 0.388. The number of fused-ring (bicyclic) bond motifs is 1. The van der Waals surface area contributed by atoms with Crippen LogP contribution in [0, 0.1) is 5.92 Å². The molecule has 0 aromatic heterocycles. The summed E-state index contributed by atoms with van der Waals surface area (Å²) in [6.45, 7) is 4.81. The Morgan fingerprint density at radius 3 is 3.07 bits per heavy atom. The van der Waals surface area contributed by atoms with Gasteiger partial charge < -0.3 is 4.90 Å². The van der Waals surface area contributed by atoms with E-state index in [2.05, 4.69) is 11.5 Å². The van der Waals surface area contributed by atoms with Crippen LogP contribution in [0.25, 0.3) is 0 Å². The van der Waals surface area contributed by atoms with Crippen LogP contribution in [0.4, 0.5) is 0 Å². The van der Waals surface area contributed by atoms with Gasteiger partial charge in [-0.1, -0.05) is 6.08 Å². The Balaban J connectivity index is 2.11. The maximum absolute atomic E-state index is 11.7. The summed E-state index contributed by atoms with van der Waals surface area (Å²) in [6.07, 6.45) is 8.55. The molecule has 0 saturated carbocycles. The van der Waals surface area contributed by atoms with Crippen molar-refractivity contribution in [3.63, 3.8) is 0 Å². The van der Waals surface area contributed by atoms with Gasteiger partial charge in [-0.3, -0.25) is 4.79 Å². The minimum Gasteiger partial charge on any atom is -0.339 e. The van der Waals surface area contributed by atoms with E-state index in [9.17, 15) is 4.79 Å². The lowest BCUT2D eigenvalue weighted by molar-refractivity contribution is -0.131. The van der Waals surface area contributed by atoms with E-state index in [1.165, 1.54) is 19.3 Å². The second-order valence-corrected chi connectivity index (χ2v) is 4.47. The van der Waals surface area contributed by atoms with Crippen LogP contribution in [0.5, 0.6) is 0 Å². The second-order valence-electron chi connectivity index (χ2n) is 4.47. The molecule has 2 aliphatic heterocycles. The highest BCUT2D eigenvalue weighted by Crippen LogP contribution is 2.33. The topological polar surface area (TPSA) is 20.3 Å². The number of carbonyl (C=O) groups excluding carboxylic acids is 1. The van der Waals surface area contributed by atoms with Crippen molar-refractivity contribution >= 4 is 5.91 Å². The third-order valence-corrected chi connectivity index (χ3v) is 3.60. The predicted octanol–water partition coefficient (Wildman–Crippen LogP) is 2.35. The third-order valence-electron chi connectivity index (χ3n) is 3.60. The Kier molecular flexibility index (Phi) is 2.90. The van der Waals surface area contributed by atoms with Gasteiger partial charge in [-0.15, -0.1) is 6.58 Å². The van der Waals surface area contributed by atoms with Gasteiger partial charge in [0.25, 0.3) is 0 Å². The third kappa shape index (κ3) is 1.70. The highest BCUT2D eigenvalue weighted by molar-refractivity contribution is 5.77. The van der Waals surface area contributed by atoms with Crippen molar-refractivity contribution in [1.82, 2.24) is 4.90 Å². The van der Waals surface area contributed by atoms with Crippen molar-refractivity contribution in [1.29, 1.82) is 0 Å². The van der Waals surface area contributed by atoms with Crippen molar-refractivity contribution in [2.45, 2.75) is 44.6 Å². The summed E-state index contributed by atoms with van der Waals surface area (Å²) in [5.41, 5.74) is 0. The fourth-order valence-corrected chi connectivity index (χ4v) is 2.93. The lowest BCUT2D eigenvalue weighted by Gasteiger charge is -2.28. The Labute approximate surface area is 86.0 Å². The van der Waals surface area contributed by atoms with E-state index in [1.54, 1.807) is 0 Å². The Hall–Kier alpha value is -0.790. The molecule has 2 heteroatoms. The number of hydrogen-bond acceptors (Lipinski definition) is 1. The smallest absolute Gasteiger partial charge is 0.222 e. The van der Waals surface area contributed by atoms with Crippen molar-refractivity contribution in [3.05, 3.63) is 12.7 Å². The Morgan fingerprint density at radius 2 is 2.29 bits per heavy atom. The first kappa shape index (κ1) is 9.75. The molecule has 2 aliphatic rings.